The topological polar surface area (TPSA) is 203 Å². The first-order chi connectivity index (χ1) is 19.2. The summed E-state index contributed by atoms with van der Waals surface area (Å²) in [5, 5.41) is 77.5. The van der Waals surface area contributed by atoms with E-state index in [2.05, 4.69) is 0 Å². The molecule has 4 aliphatic carbocycles. The van der Waals surface area contributed by atoms with E-state index in [1.54, 1.807) is 0 Å². The van der Waals surface area contributed by atoms with Gasteiger partial charge in [0.2, 0.25) is 0 Å². The summed E-state index contributed by atoms with van der Waals surface area (Å²) in [5.74, 6) is -3.12. The van der Waals surface area contributed by atoms with Gasteiger partial charge in [-0.05, 0) is 75.2 Å². The number of carbonyl (C=O) groups excluding carboxylic acids is 1. The van der Waals surface area contributed by atoms with Gasteiger partial charge in [0.25, 0.3) is 0 Å². The predicted molar refractivity (Wildman–Crippen MR) is 138 cm³/mol. The van der Waals surface area contributed by atoms with E-state index in [1.807, 2.05) is 6.92 Å². The summed E-state index contributed by atoms with van der Waals surface area (Å²) >= 11 is 0. The Labute approximate surface area is 237 Å². The number of aliphatic hydroxyl groups is 6. The number of esters is 1. The van der Waals surface area contributed by atoms with Crippen molar-refractivity contribution in [3.63, 3.8) is 0 Å². The molecule has 0 aromatic carbocycles. The predicted octanol–water partition coefficient (Wildman–Crippen LogP) is -0.393. The Bertz CT molecular complexity index is 1130. The van der Waals surface area contributed by atoms with Gasteiger partial charge in [-0.15, -0.1) is 0 Å². The van der Waals surface area contributed by atoms with Crippen molar-refractivity contribution < 1.29 is 59.5 Å². The van der Waals surface area contributed by atoms with Crippen molar-refractivity contribution in [2.24, 2.45) is 28.6 Å². The van der Waals surface area contributed by atoms with Crippen LogP contribution in [0, 0.1) is 28.6 Å². The van der Waals surface area contributed by atoms with E-state index in [1.165, 1.54) is 13.0 Å². The summed E-state index contributed by atoms with van der Waals surface area (Å²) in [6.07, 6.45) is -5.17. The molecule has 12 nitrogen and oxygen atoms in total. The van der Waals surface area contributed by atoms with Crippen LogP contribution in [0.1, 0.15) is 65.2 Å². The summed E-state index contributed by atoms with van der Waals surface area (Å²) < 4.78 is 16.7. The molecule has 0 bridgehead atoms. The summed E-state index contributed by atoms with van der Waals surface area (Å²) in [7, 11) is 0. The molecule has 0 spiro atoms. The second kappa shape index (κ2) is 9.68. The number of cyclic esters (lactones) is 1. The molecule has 0 aromatic heterocycles. The van der Waals surface area contributed by atoms with E-state index in [0.717, 1.165) is 5.57 Å². The lowest BCUT2D eigenvalue weighted by molar-refractivity contribution is -0.321. The Morgan fingerprint density at radius 1 is 1.00 bits per heavy atom. The van der Waals surface area contributed by atoms with Crippen molar-refractivity contribution in [3.8, 4) is 0 Å². The molecule has 0 aromatic rings. The number of fused-ring (bicyclic) bond motifs is 5. The maximum absolute atomic E-state index is 13.2. The van der Waals surface area contributed by atoms with E-state index >= 15 is 0 Å². The number of aliphatic carboxylic acids is 1. The van der Waals surface area contributed by atoms with Crippen molar-refractivity contribution in [1.82, 2.24) is 0 Å². The first kappa shape index (κ1) is 29.4. The lowest BCUT2D eigenvalue weighted by Crippen LogP contribution is -2.73. The first-order valence-electron chi connectivity index (χ1n) is 14.8. The second-order valence-corrected chi connectivity index (χ2v) is 13.6. The Kier molecular flexibility index (Phi) is 6.95. The van der Waals surface area contributed by atoms with Gasteiger partial charge in [-0.1, -0.05) is 6.92 Å². The van der Waals surface area contributed by atoms with Crippen molar-refractivity contribution in [2.75, 3.05) is 6.61 Å². The molecule has 14 atom stereocenters. The molecule has 4 saturated carbocycles. The minimum absolute atomic E-state index is 0.0185. The highest BCUT2D eigenvalue weighted by Crippen LogP contribution is 2.71. The van der Waals surface area contributed by atoms with Crippen molar-refractivity contribution in [3.05, 3.63) is 11.6 Å². The average Bonchev–Trinajstić information content (AvgIpc) is 3.46. The number of ether oxygens (including phenoxy) is 3. The van der Waals surface area contributed by atoms with Gasteiger partial charge in [-0.3, -0.25) is 4.79 Å². The van der Waals surface area contributed by atoms with Crippen LogP contribution in [0.25, 0.3) is 0 Å². The lowest BCUT2D eigenvalue weighted by Gasteiger charge is -2.66. The van der Waals surface area contributed by atoms with Crippen LogP contribution in [0.5, 0.6) is 0 Å². The molecule has 7 N–H and O–H groups in total. The number of hydrogen-bond acceptors (Lipinski definition) is 11. The second-order valence-electron chi connectivity index (χ2n) is 13.6. The number of aliphatic hydroxyl groups excluding tert-OH is 4. The fraction of sp³-hybridized carbons (Fsp3) is 0.862. The van der Waals surface area contributed by atoms with E-state index < -0.39 is 88.7 Å². The highest BCUT2D eigenvalue weighted by atomic mass is 16.7. The molecule has 0 amide bonds. The molecule has 0 unspecified atom stereocenters. The van der Waals surface area contributed by atoms with E-state index in [4.69, 9.17) is 14.2 Å². The average molecular weight is 583 g/mol. The molecule has 6 rings (SSSR count). The summed E-state index contributed by atoms with van der Waals surface area (Å²) in [5.41, 5.74) is -5.05. The molecule has 1 saturated heterocycles. The zero-order valence-electron chi connectivity index (χ0n) is 23.4. The van der Waals surface area contributed by atoms with Crippen LogP contribution < -0.4 is 0 Å². The van der Waals surface area contributed by atoms with E-state index in [0.29, 0.717) is 19.3 Å². The molecular weight excluding hydrogens is 540 g/mol. The van der Waals surface area contributed by atoms with Gasteiger partial charge in [-0.25, -0.2) is 4.79 Å². The van der Waals surface area contributed by atoms with Crippen LogP contribution in [0.4, 0.5) is 0 Å². The van der Waals surface area contributed by atoms with Crippen LogP contribution >= 0.6 is 0 Å². The Morgan fingerprint density at radius 3 is 2.39 bits per heavy atom. The highest BCUT2D eigenvalue weighted by Gasteiger charge is 2.75. The molecular formula is C29H42O12. The van der Waals surface area contributed by atoms with Gasteiger partial charge in [-0.2, -0.15) is 0 Å². The molecule has 41 heavy (non-hydrogen) atoms. The van der Waals surface area contributed by atoms with E-state index in [-0.39, 0.29) is 44.6 Å². The largest absolute Gasteiger partial charge is 0.481 e. The summed E-state index contributed by atoms with van der Waals surface area (Å²) in [6, 6.07) is 0. The van der Waals surface area contributed by atoms with Gasteiger partial charge in [0.15, 0.2) is 6.29 Å². The lowest BCUT2D eigenvalue weighted by atomic mass is 9.40. The minimum Gasteiger partial charge on any atom is -0.481 e. The van der Waals surface area contributed by atoms with Crippen molar-refractivity contribution in [1.29, 1.82) is 0 Å². The summed E-state index contributed by atoms with van der Waals surface area (Å²) in [4.78, 5) is 25.0. The van der Waals surface area contributed by atoms with Gasteiger partial charge in [0, 0.05) is 17.9 Å². The van der Waals surface area contributed by atoms with Crippen molar-refractivity contribution in [2.45, 2.75) is 119 Å². The zero-order chi connectivity index (χ0) is 29.7. The third kappa shape index (κ3) is 3.88. The standard InChI is InChI=1S/C29H42O12/c1-13-21(32)22(33)23(34)24(40-13)41-15-3-7-28(25(35)36)18-10-19(30)26(2)16(14-9-20(31)39-12-14)5-8-29(26,38)17(18)4-6-27(28,37)11-15/h9,13,15-19,21-24,30,32-34,37-38H,3-8,10-12H2,1-2H3,(H,35,36)/t13-,15-,16+,17+,18-,19+,21-,22+,23+,24+,26-,27-,28+,29-/m0/s1. The Hall–Kier alpha value is -1.64. The fourth-order valence-electron chi connectivity index (χ4n) is 9.90. The Balaban J connectivity index is 1.28. The van der Waals surface area contributed by atoms with Gasteiger partial charge >= 0.3 is 11.9 Å². The number of hydrogen-bond donors (Lipinski definition) is 7. The van der Waals surface area contributed by atoms with Crippen LogP contribution in [0.15, 0.2) is 11.6 Å². The van der Waals surface area contributed by atoms with Crippen LogP contribution in [-0.4, -0.2) is 108 Å². The molecule has 0 radical (unpaired) electrons. The number of carboxylic acids is 1. The van der Waals surface area contributed by atoms with Crippen LogP contribution in [0.2, 0.25) is 0 Å². The first-order valence-corrected chi connectivity index (χ1v) is 14.8. The highest BCUT2D eigenvalue weighted by molar-refractivity contribution is 5.85. The third-order valence-corrected chi connectivity index (χ3v) is 12.1. The maximum Gasteiger partial charge on any atom is 0.331 e. The normalized spacial score (nSPS) is 54.9. The zero-order valence-corrected chi connectivity index (χ0v) is 23.4. The smallest absolute Gasteiger partial charge is 0.331 e. The maximum atomic E-state index is 13.2. The van der Waals surface area contributed by atoms with Crippen LogP contribution in [-0.2, 0) is 23.8 Å². The quantitative estimate of drug-likeness (QED) is 0.167. The third-order valence-electron chi connectivity index (χ3n) is 12.1. The van der Waals surface area contributed by atoms with Gasteiger partial charge in [0.1, 0.15) is 24.9 Å². The molecule has 2 heterocycles. The number of rotatable bonds is 4. The fourth-order valence-corrected chi connectivity index (χ4v) is 9.90. The molecule has 2 aliphatic heterocycles. The molecule has 5 fully saturated rings. The number of carbonyl (C=O) groups is 2. The molecule has 12 heteroatoms. The van der Waals surface area contributed by atoms with Crippen LogP contribution in [0.3, 0.4) is 0 Å². The number of carboxylic acid groups (broad SMARTS) is 1. The Morgan fingerprint density at radius 2 is 1.73 bits per heavy atom. The summed E-state index contributed by atoms with van der Waals surface area (Å²) in [6.45, 7) is 3.48. The monoisotopic (exact) mass is 582 g/mol. The molecule has 230 valence electrons. The molecule has 6 aliphatic rings. The van der Waals surface area contributed by atoms with Gasteiger partial charge < -0.3 is 50.0 Å². The SMILES string of the molecule is C[C@@H]1O[C@H](O[C@H]2CC[C@]3(C(=O)O)[C@H]4C[C@@H](O)[C@]5(C)[C@@H](C6=CC(=O)OC6)CC[C@]5(O)[C@@H]4CC[C@]3(O)C2)[C@H](O)[C@H](O)[C@H]1O. The van der Waals surface area contributed by atoms with Gasteiger partial charge in [0.05, 0.1) is 34.9 Å². The van der Waals surface area contributed by atoms with E-state index in [9.17, 15) is 45.3 Å². The van der Waals surface area contributed by atoms with Crippen molar-refractivity contribution >= 4 is 11.9 Å². The minimum atomic E-state index is -1.72.